The van der Waals surface area contributed by atoms with Gasteiger partial charge in [-0.05, 0) is 110 Å². The van der Waals surface area contributed by atoms with Crippen molar-refractivity contribution in [3.05, 3.63) is 11.3 Å². The predicted octanol–water partition coefficient (Wildman–Crippen LogP) is 2.79. The second-order valence-electron chi connectivity index (χ2n) is 15.5. The van der Waals surface area contributed by atoms with Crippen LogP contribution < -0.4 is 10.6 Å². The van der Waals surface area contributed by atoms with Crippen molar-refractivity contribution < 1.29 is 29.7 Å². The number of carbonyl (C=O) groups is 3. The molecule has 0 aromatic rings. The van der Waals surface area contributed by atoms with Crippen LogP contribution in [-0.2, 0) is 14.4 Å². The molecule has 0 radical (unpaired) electrons. The molecular formula is C35H51N3O6S. The number of rotatable bonds is 7. The number of hydrogen-bond acceptors (Lipinski definition) is 7. The summed E-state index contributed by atoms with van der Waals surface area (Å²) in [5.74, 6) is 3.54. The number of nitrogens with zero attached hydrogens (tertiary/aromatic N) is 1. The zero-order valence-electron chi connectivity index (χ0n) is 27.1. The summed E-state index contributed by atoms with van der Waals surface area (Å²) in [6, 6.07) is -0.661. The molecule has 13 atom stereocenters. The summed E-state index contributed by atoms with van der Waals surface area (Å²) in [6.07, 6.45) is 10.9. The Bertz CT molecular complexity index is 1300. The minimum absolute atomic E-state index is 0.0408. The molecule has 5 fully saturated rings. The third kappa shape index (κ3) is 5.25. The fourth-order valence-corrected chi connectivity index (χ4v) is 12.2. The molecule has 9 nitrogen and oxygen atoms in total. The Kier molecular flexibility index (Phi) is 8.90. The van der Waals surface area contributed by atoms with Crippen LogP contribution in [0.1, 0.15) is 85.5 Å². The summed E-state index contributed by atoms with van der Waals surface area (Å²) in [4.78, 5) is 40.4. The lowest BCUT2D eigenvalue weighted by Crippen LogP contribution is -2.71. The average molecular weight is 642 g/mol. The second-order valence-corrected chi connectivity index (χ2v) is 16.6. The van der Waals surface area contributed by atoms with E-state index in [2.05, 4.69) is 37.3 Å². The van der Waals surface area contributed by atoms with Crippen molar-refractivity contribution in [2.45, 2.75) is 115 Å². The molecule has 5 N–H and O–H groups in total. The smallest absolute Gasteiger partial charge is 0.268 e. The molecule has 6 rings (SSSR count). The summed E-state index contributed by atoms with van der Waals surface area (Å²) in [6.45, 7) is 8.68. The normalized spacial score (nSPS) is 44.4. The van der Waals surface area contributed by atoms with Gasteiger partial charge in [-0.2, -0.15) is 0 Å². The van der Waals surface area contributed by atoms with Crippen LogP contribution in [0.15, 0.2) is 11.3 Å². The molecule has 6 aliphatic rings. The molecule has 45 heavy (non-hydrogen) atoms. The van der Waals surface area contributed by atoms with E-state index in [0.29, 0.717) is 30.2 Å². The fourth-order valence-electron chi connectivity index (χ4n) is 10.9. The van der Waals surface area contributed by atoms with Crippen LogP contribution in [-0.4, -0.2) is 80.0 Å². The molecule has 3 amide bonds. The molecule has 10 heteroatoms. The molecule has 4 saturated carbocycles. The first-order chi connectivity index (χ1) is 21.3. The highest BCUT2D eigenvalue weighted by atomic mass is 32.2. The predicted molar refractivity (Wildman–Crippen MR) is 172 cm³/mol. The van der Waals surface area contributed by atoms with E-state index in [4.69, 9.17) is 6.42 Å². The quantitative estimate of drug-likeness (QED) is 0.213. The Balaban J connectivity index is 1.07. The van der Waals surface area contributed by atoms with Gasteiger partial charge < -0.3 is 26.0 Å². The van der Waals surface area contributed by atoms with Crippen LogP contribution in [0.4, 0.5) is 0 Å². The van der Waals surface area contributed by atoms with Crippen LogP contribution in [0.25, 0.3) is 0 Å². The first-order valence-electron chi connectivity index (χ1n) is 17.0. The van der Waals surface area contributed by atoms with Crippen molar-refractivity contribution in [2.75, 3.05) is 12.3 Å². The third-order valence-electron chi connectivity index (χ3n) is 13.4. The van der Waals surface area contributed by atoms with Gasteiger partial charge in [0.15, 0.2) is 0 Å². The maximum Gasteiger partial charge on any atom is 0.268 e. The van der Waals surface area contributed by atoms with Gasteiger partial charge in [-0.3, -0.25) is 19.3 Å². The highest BCUT2D eigenvalue weighted by Crippen LogP contribution is 2.68. The molecule has 1 saturated heterocycles. The van der Waals surface area contributed by atoms with E-state index in [1.165, 1.54) is 4.90 Å². The van der Waals surface area contributed by atoms with E-state index in [9.17, 15) is 29.7 Å². The Labute approximate surface area is 271 Å². The number of terminal acetylenes is 1. The van der Waals surface area contributed by atoms with Crippen LogP contribution in [0, 0.1) is 58.7 Å². The zero-order valence-corrected chi connectivity index (χ0v) is 27.9. The number of aliphatic hydroxyl groups excluding tert-OH is 3. The van der Waals surface area contributed by atoms with Gasteiger partial charge in [-0.25, -0.2) is 0 Å². The SMILES string of the molecule is C#CCNC(=O)C1=C(C)CSC2C(NC(=O)CC[C@@H](C)[C@H]3CC[C@H]4C5C(C[C@H](O)[C@]34C)[C@@]3(C)CC[C@@H](O)C[C@H]3C[C@H]5O)C(=O)N12. The third-order valence-corrected chi connectivity index (χ3v) is 14.8. The number of carbonyl (C=O) groups excluding carboxylic acids is 3. The maximum absolute atomic E-state index is 13.2. The molecular weight excluding hydrogens is 590 g/mol. The van der Waals surface area contributed by atoms with Gasteiger partial charge >= 0.3 is 0 Å². The zero-order chi connectivity index (χ0) is 32.4. The van der Waals surface area contributed by atoms with E-state index in [1.807, 2.05) is 6.92 Å². The first kappa shape index (κ1) is 32.9. The van der Waals surface area contributed by atoms with Gasteiger partial charge in [0.1, 0.15) is 17.1 Å². The van der Waals surface area contributed by atoms with Gasteiger partial charge in [0, 0.05) is 12.2 Å². The number of fused-ring (bicyclic) bond motifs is 6. The minimum atomic E-state index is -0.661. The highest BCUT2D eigenvalue weighted by molar-refractivity contribution is 8.00. The number of aliphatic hydroxyl groups is 3. The molecule has 2 heterocycles. The number of nitrogens with one attached hydrogen (secondary N) is 2. The Hall–Kier alpha value is -2.06. The van der Waals surface area contributed by atoms with Crippen LogP contribution >= 0.6 is 11.8 Å². The van der Waals surface area contributed by atoms with E-state index >= 15 is 0 Å². The lowest BCUT2D eigenvalue weighted by atomic mass is 9.43. The topological polar surface area (TPSA) is 139 Å². The summed E-state index contributed by atoms with van der Waals surface area (Å²) in [7, 11) is 0. The molecule has 4 aliphatic carbocycles. The summed E-state index contributed by atoms with van der Waals surface area (Å²) >= 11 is 1.54. The summed E-state index contributed by atoms with van der Waals surface area (Å²) in [5.41, 5.74) is 0.867. The van der Waals surface area contributed by atoms with E-state index in [0.717, 1.165) is 44.1 Å². The number of amides is 3. The Morgan fingerprint density at radius 3 is 2.62 bits per heavy atom. The van der Waals surface area contributed by atoms with Crippen LogP contribution in [0.5, 0.6) is 0 Å². The van der Waals surface area contributed by atoms with Crippen molar-refractivity contribution in [3.63, 3.8) is 0 Å². The Morgan fingerprint density at radius 2 is 1.89 bits per heavy atom. The van der Waals surface area contributed by atoms with Crippen molar-refractivity contribution in [1.29, 1.82) is 0 Å². The number of hydrogen-bond donors (Lipinski definition) is 5. The summed E-state index contributed by atoms with van der Waals surface area (Å²) < 4.78 is 0. The molecule has 0 bridgehead atoms. The van der Waals surface area contributed by atoms with Gasteiger partial charge in [0.2, 0.25) is 5.91 Å². The monoisotopic (exact) mass is 641 g/mol. The average Bonchev–Trinajstić information content (AvgIpc) is 3.37. The van der Waals surface area contributed by atoms with E-state index in [-0.39, 0.29) is 82.6 Å². The number of β-lactam (4-membered cyclic amide) rings is 1. The van der Waals surface area contributed by atoms with E-state index < -0.39 is 18.2 Å². The van der Waals surface area contributed by atoms with Crippen molar-refractivity contribution in [3.8, 4) is 12.3 Å². The molecule has 248 valence electrons. The fraction of sp³-hybridized carbons (Fsp3) is 0.800. The lowest BCUT2D eigenvalue weighted by molar-refractivity contribution is -0.207. The largest absolute Gasteiger partial charge is 0.393 e. The van der Waals surface area contributed by atoms with Gasteiger partial charge in [-0.1, -0.05) is 26.7 Å². The molecule has 4 unspecified atom stereocenters. The lowest BCUT2D eigenvalue weighted by Gasteiger charge is -2.63. The van der Waals surface area contributed by atoms with Gasteiger partial charge in [-0.15, -0.1) is 18.2 Å². The maximum atomic E-state index is 13.2. The number of thioether (sulfide) groups is 1. The standard InChI is InChI=1S/C35H51N3O6S/c1-6-13-36-31(43)30-19(3)17-45-33-29(32(44)38(30)33)37-27(42)10-7-18(2)22-8-9-23-28-24(16-26(41)35(22,23)5)34(4)12-11-21(39)14-20(34)15-25(28)40/h1,18,20-26,28-29,33,39-41H,7-17H2,2-5H3,(H,36,43)(H,37,42)/t18-,20+,21-,22-,23+,24?,25-,26+,28?,29?,33?,34+,35-/m1/s1. The van der Waals surface area contributed by atoms with Crippen molar-refractivity contribution >= 4 is 29.5 Å². The second kappa shape index (κ2) is 12.2. The molecule has 2 aliphatic heterocycles. The van der Waals surface area contributed by atoms with Crippen molar-refractivity contribution in [1.82, 2.24) is 15.5 Å². The molecule has 0 aromatic heterocycles. The van der Waals surface area contributed by atoms with Crippen molar-refractivity contribution in [2.24, 2.45) is 46.3 Å². The van der Waals surface area contributed by atoms with Gasteiger partial charge in [0.05, 0.1) is 24.9 Å². The minimum Gasteiger partial charge on any atom is -0.393 e. The van der Waals surface area contributed by atoms with Crippen LogP contribution in [0.3, 0.4) is 0 Å². The first-order valence-corrected chi connectivity index (χ1v) is 18.1. The molecule has 0 spiro atoms. The highest BCUT2D eigenvalue weighted by Gasteiger charge is 2.65. The van der Waals surface area contributed by atoms with Gasteiger partial charge in [0.25, 0.3) is 11.8 Å². The summed E-state index contributed by atoms with van der Waals surface area (Å²) in [5, 5.41) is 39.0. The van der Waals surface area contributed by atoms with Crippen LogP contribution in [0.2, 0.25) is 0 Å². The van der Waals surface area contributed by atoms with E-state index in [1.54, 1.807) is 11.8 Å². The Morgan fingerprint density at radius 1 is 1.13 bits per heavy atom. The molecule has 0 aromatic carbocycles.